The molecule has 0 aliphatic carbocycles. The minimum Gasteiger partial charge on any atom is -0.462 e. The van der Waals surface area contributed by atoms with Gasteiger partial charge in [-0.15, -0.1) is 0 Å². The molecule has 0 unspecified atom stereocenters. The average molecular weight is 331 g/mol. The van der Waals surface area contributed by atoms with Crippen LogP contribution in [0.1, 0.15) is 39.5 Å². The van der Waals surface area contributed by atoms with Gasteiger partial charge in [0.05, 0.1) is 5.41 Å². The van der Waals surface area contributed by atoms with Crippen LogP contribution in [0.25, 0.3) is 0 Å². The number of hydrogen-bond donors (Lipinski definition) is 0. The van der Waals surface area contributed by atoms with E-state index in [9.17, 15) is 4.79 Å². The van der Waals surface area contributed by atoms with Gasteiger partial charge < -0.3 is 9.64 Å². The Morgan fingerprint density at radius 1 is 1.21 bits per heavy atom. The van der Waals surface area contributed by atoms with Crippen LogP contribution in [0.15, 0.2) is 24.4 Å². The van der Waals surface area contributed by atoms with E-state index in [4.69, 9.17) is 4.74 Å². The number of aromatic nitrogens is 1. The molecule has 0 amide bonds. The third-order valence-electron chi connectivity index (χ3n) is 5.79. The summed E-state index contributed by atoms with van der Waals surface area (Å²) in [5.74, 6) is 1.09. The molecule has 1 aromatic rings. The quantitative estimate of drug-likeness (QED) is 0.750. The topological polar surface area (TPSA) is 45.7 Å². The molecule has 2 aliphatic rings. The number of cyclic esters (lactones) is 1. The van der Waals surface area contributed by atoms with Gasteiger partial charge in [-0.3, -0.25) is 9.69 Å². The van der Waals surface area contributed by atoms with E-state index in [2.05, 4.69) is 34.7 Å². The van der Waals surface area contributed by atoms with Gasteiger partial charge >= 0.3 is 5.97 Å². The number of rotatable bonds is 6. The maximum absolute atomic E-state index is 12.2. The molecule has 2 fully saturated rings. The summed E-state index contributed by atoms with van der Waals surface area (Å²) in [5.41, 5.74) is -0.220. The standard InChI is InChI=1S/C19H29N3O2/c1-3-19(4-2)15-16(24-18(19)23)8-10-21-11-13-22(14-12-21)17-7-5-6-9-20-17/h5-7,9,16H,3-4,8,10-15H2,1-2H3/t16-/m1/s1. The molecule has 132 valence electrons. The number of piperazine rings is 1. The van der Waals surface area contributed by atoms with Gasteiger partial charge in [0, 0.05) is 45.3 Å². The highest BCUT2D eigenvalue weighted by Crippen LogP contribution is 2.41. The van der Waals surface area contributed by atoms with Crippen LogP contribution in [0.3, 0.4) is 0 Å². The van der Waals surface area contributed by atoms with Gasteiger partial charge in [0.25, 0.3) is 0 Å². The largest absolute Gasteiger partial charge is 0.462 e. The predicted octanol–water partition coefficient (Wildman–Crippen LogP) is 2.72. The summed E-state index contributed by atoms with van der Waals surface area (Å²) >= 11 is 0. The summed E-state index contributed by atoms with van der Waals surface area (Å²) in [6, 6.07) is 6.06. The van der Waals surface area contributed by atoms with Crippen molar-refractivity contribution in [2.75, 3.05) is 37.6 Å². The number of ether oxygens (including phenoxy) is 1. The molecule has 3 rings (SSSR count). The predicted molar refractivity (Wildman–Crippen MR) is 95.0 cm³/mol. The van der Waals surface area contributed by atoms with Gasteiger partial charge in [0.1, 0.15) is 11.9 Å². The molecule has 0 N–H and O–H groups in total. The first-order valence-electron chi connectivity index (χ1n) is 9.26. The van der Waals surface area contributed by atoms with Crippen LogP contribution in [0, 0.1) is 5.41 Å². The molecule has 0 aromatic carbocycles. The van der Waals surface area contributed by atoms with Crippen LogP contribution in [0.2, 0.25) is 0 Å². The van der Waals surface area contributed by atoms with Crippen molar-refractivity contribution in [2.45, 2.75) is 45.6 Å². The van der Waals surface area contributed by atoms with Crippen LogP contribution >= 0.6 is 0 Å². The van der Waals surface area contributed by atoms with Crippen LogP contribution in [0.5, 0.6) is 0 Å². The monoisotopic (exact) mass is 331 g/mol. The summed E-state index contributed by atoms with van der Waals surface area (Å²) < 4.78 is 5.65. The molecule has 0 spiro atoms. The second-order valence-electron chi connectivity index (χ2n) is 7.02. The van der Waals surface area contributed by atoms with Crippen molar-refractivity contribution in [2.24, 2.45) is 5.41 Å². The molecular formula is C19H29N3O2. The summed E-state index contributed by atoms with van der Waals surface area (Å²) in [7, 11) is 0. The first kappa shape index (κ1) is 17.2. The van der Waals surface area contributed by atoms with Crippen molar-refractivity contribution in [3.05, 3.63) is 24.4 Å². The number of esters is 1. The summed E-state index contributed by atoms with van der Waals surface area (Å²) in [4.78, 5) is 21.4. The van der Waals surface area contributed by atoms with E-state index in [0.29, 0.717) is 0 Å². The first-order valence-corrected chi connectivity index (χ1v) is 9.26. The maximum Gasteiger partial charge on any atom is 0.312 e. The zero-order chi connectivity index (χ0) is 17.0. The smallest absolute Gasteiger partial charge is 0.312 e. The summed E-state index contributed by atoms with van der Waals surface area (Å²) in [6.45, 7) is 9.32. The second kappa shape index (κ2) is 7.51. The zero-order valence-electron chi connectivity index (χ0n) is 14.9. The molecule has 5 nitrogen and oxygen atoms in total. The lowest BCUT2D eigenvalue weighted by molar-refractivity contribution is -0.149. The Morgan fingerprint density at radius 3 is 2.54 bits per heavy atom. The minimum absolute atomic E-state index is 0.0254. The number of nitrogens with zero attached hydrogens (tertiary/aromatic N) is 3. The highest BCUT2D eigenvalue weighted by molar-refractivity contribution is 5.78. The van der Waals surface area contributed by atoms with E-state index >= 15 is 0 Å². The molecule has 0 saturated carbocycles. The number of carbonyl (C=O) groups is 1. The van der Waals surface area contributed by atoms with Gasteiger partial charge in [0.2, 0.25) is 0 Å². The van der Waals surface area contributed by atoms with E-state index in [1.165, 1.54) is 0 Å². The number of anilines is 1. The van der Waals surface area contributed by atoms with E-state index < -0.39 is 0 Å². The lowest BCUT2D eigenvalue weighted by Crippen LogP contribution is -2.47. The van der Waals surface area contributed by atoms with Crippen molar-refractivity contribution >= 4 is 11.8 Å². The Labute approximate surface area is 145 Å². The number of carbonyl (C=O) groups excluding carboxylic acids is 1. The fourth-order valence-electron chi connectivity index (χ4n) is 3.89. The molecule has 0 radical (unpaired) electrons. The van der Waals surface area contributed by atoms with E-state index in [1.54, 1.807) is 0 Å². The van der Waals surface area contributed by atoms with E-state index in [1.807, 2.05) is 18.3 Å². The van der Waals surface area contributed by atoms with Gasteiger partial charge in [-0.05, 0) is 31.4 Å². The lowest BCUT2D eigenvalue weighted by atomic mass is 9.79. The van der Waals surface area contributed by atoms with Crippen molar-refractivity contribution in [1.29, 1.82) is 0 Å². The summed E-state index contributed by atoms with van der Waals surface area (Å²) in [5, 5.41) is 0. The van der Waals surface area contributed by atoms with Gasteiger partial charge in [-0.2, -0.15) is 0 Å². The molecule has 3 heterocycles. The Bertz CT molecular complexity index is 537. The van der Waals surface area contributed by atoms with Gasteiger partial charge in [0.15, 0.2) is 0 Å². The first-order chi connectivity index (χ1) is 11.7. The van der Waals surface area contributed by atoms with Crippen LogP contribution < -0.4 is 4.90 Å². The third kappa shape index (κ3) is 3.56. The van der Waals surface area contributed by atoms with Crippen molar-refractivity contribution in [1.82, 2.24) is 9.88 Å². The molecule has 5 heteroatoms. The van der Waals surface area contributed by atoms with Gasteiger partial charge in [-0.1, -0.05) is 19.9 Å². The minimum atomic E-state index is -0.220. The van der Waals surface area contributed by atoms with Crippen LogP contribution in [-0.4, -0.2) is 54.7 Å². The fraction of sp³-hybridized carbons (Fsp3) is 0.684. The fourth-order valence-corrected chi connectivity index (χ4v) is 3.89. The number of pyridine rings is 1. The lowest BCUT2D eigenvalue weighted by Gasteiger charge is -2.35. The van der Waals surface area contributed by atoms with E-state index in [0.717, 1.165) is 64.2 Å². The highest BCUT2D eigenvalue weighted by Gasteiger charge is 2.46. The zero-order valence-corrected chi connectivity index (χ0v) is 14.9. The number of hydrogen-bond acceptors (Lipinski definition) is 5. The Morgan fingerprint density at radius 2 is 1.96 bits per heavy atom. The molecule has 1 aromatic heterocycles. The van der Waals surface area contributed by atoms with Crippen molar-refractivity contribution in [3.63, 3.8) is 0 Å². The molecule has 2 saturated heterocycles. The molecule has 24 heavy (non-hydrogen) atoms. The average Bonchev–Trinajstić information content (AvgIpc) is 2.97. The molecule has 1 atom stereocenters. The Balaban J connectivity index is 1.44. The third-order valence-corrected chi connectivity index (χ3v) is 5.79. The molecular weight excluding hydrogens is 302 g/mol. The second-order valence-corrected chi connectivity index (χ2v) is 7.02. The van der Waals surface area contributed by atoms with Crippen molar-refractivity contribution in [3.8, 4) is 0 Å². The maximum atomic E-state index is 12.2. The van der Waals surface area contributed by atoms with Crippen LogP contribution in [0.4, 0.5) is 5.82 Å². The Kier molecular flexibility index (Phi) is 5.39. The SMILES string of the molecule is CCC1(CC)C[C@@H](CCN2CCN(c3ccccn3)CC2)OC1=O. The van der Waals surface area contributed by atoms with Crippen molar-refractivity contribution < 1.29 is 9.53 Å². The van der Waals surface area contributed by atoms with E-state index in [-0.39, 0.29) is 17.5 Å². The highest BCUT2D eigenvalue weighted by atomic mass is 16.6. The molecule has 0 bridgehead atoms. The Hall–Kier alpha value is -1.62. The molecule has 2 aliphatic heterocycles. The summed E-state index contributed by atoms with van der Waals surface area (Å²) in [6.07, 6.45) is 5.59. The van der Waals surface area contributed by atoms with Gasteiger partial charge in [-0.25, -0.2) is 4.98 Å². The van der Waals surface area contributed by atoms with Crippen LogP contribution in [-0.2, 0) is 9.53 Å². The normalized spacial score (nSPS) is 24.2.